The van der Waals surface area contributed by atoms with Crippen molar-refractivity contribution in [2.75, 3.05) is 0 Å². The van der Waals surface area contributed by atoms with E-state index in [1.807, 2.05) is 0 Å². The fourth-order valence-electron chi connectivity index (χ4n) is 1.45. The smallest absolute Gasteiger partial charge is 0.395 e. The molecule has 6 heteroatoms. The number of aliphatic carboxylic acids is 1. The van der Waals surface area contributed by atoms with E-state index < -0.39 is 24.1 Å². The lowest BCUT2D eigenvalue weighted by Gasteiger charge is -2.20. The second-order valence-electron chi connectivity index (χ2n) is 3.68. The van der Waals surface area contributed by atoms with E-state index in [1.165, 1.54) is 12.2 Å². The van der Waals surface area contributed by atoms with E-state index in [-0.39, 0.29) is 12.8 Å². The van der Waals surface area contributed by atoms with Crippen LogP contribution in [-0.4, -0.2) is 23.3 Å². The summed E-state index contributed by atoms with van der Waals surface area (Å²) in [6, 6.07) is -1.16. The molecule has 0 saturated carbocycles. The zero-order valence-corrected chi connectivity index (χ0v) is 8.37. The molecular formula is C10H12F3NO2. The Morgan fingerprint density at radius 1 is 1.62 bits per heavy atom. The molecule has 3 nitrogen and oxygen atoms in total. The fraction of sp³-hybridized carbons (Fsp3) is 0.500. The van der Waals surface area contributed by atoms with Crippen LogP contribution in [0.2, 0.25) is 0 Å². The number of allylic oxidation sites excluding steroid dienone is 3. The van der Waals surface area contributed by atoms with Gasteiger partial charge in [0, 0.05) is 0 Å². The molecule has 0 fully saturated rings. The second kappa shape index (κ2) is 4.69. The van der Waals surface area contributed by atoms with Crippen LogP contribution in [0.25, 0.3) is 0 Å². The molecular weight excluding hydrogens is 223 g/mol. The van der Waals surface area contributed by atoms with E-state index in [1.54, 1.807) is 0 Å². The van der Waals surface area contributed by atoms with Crippen molar-refractivity contribution in [2.45, 2.75) is 25.1 Å². The van der Waals surface area contributed by atoms with Gasteiger partial charge in [-0.15, -0.1) is 0 Å². The number of carboxylic acids is 1. The highest BCUT2D eigenvalue weighted by atomic mass is 19.4. The monoisotopic (exact) mass is 235 g/mol. The van der Waals surface area contributed by atoms with Gasteiger partial charge in [-0.1, -0.05) is 18.2 Å². The van der Waals surface area contributed by atoms with Crippen molar-refractivity contribution in [3.8, 4) is 0 Å². The lowest BCUT2D eigenvalue weighted by Crippen LogP contribution is -2.31. The molecule has 3 N–H and O–H groups in total. The first-order valence-electron chi connectivity index (χ1n) is 4.73. The van der Waals surface area contributed by atoms with Crippen molar-refractivity contribution >= 4 is 5.97 Å². The highest BCUT2D eigenvalue weighted by Crippen LogP contribution is 2.34. The highest BCUT2D eigenvalue weighted by Gasteiger charge is 2.38. The normalized spacial score (nSPS) is 22.8. The summed E-state index contributed by atoms with van der Waals surface area (Å²) in [5.41, 5.74) is 5.57. The lowest BCUT2D eigenvalue weighted by atomic mass is 9.92. The van der Waals surface area contributed by atoms with Gasteiger partial charge in [0.2, 0.25) is 0 Å². The Balaban J connectivity index is 2.70. The fourth-order valence-corrected chi connectivity index (χ4v) is 1.45. The molecule has 1 aliphatic rings. The number of hydrogen-bond donors (Lipinski definition) is 2. The third-order valence-corrected chi connectivity index (χ3v) is 2.33. The Labute approximate surface area is 90.4 Å². The Morgan fingerprint density at radius 2 is 2.25 bits per heavy atom. The predicted molar refractivity (Wildman–Crippen MR) is 51.6 cm³/mol. The predicted octanol–water partition coefficient (Wildman–Crippen LogP) is 1.85. The largest absolute Gasteiger partial charge is 0.480 e. The molecule has 2 atom stereocenters. The zero-order chi connectivity index (χ0) is 12.3. The Hall–Kier alpha value is -1.30. The SMILES string of the molecule is N[C@@H](CC1=CC(C(F)(F)F)CC=C1)C(=O)O. The van der Waals surface area contributed by atoms with Crippen molar-refractivity contribution in [2.24, 2.45) is 11.7 Å². The highest BCUT2D eigenvalue weighted by molar-refractivity contribution is 5.73. The summed E-state index contributed by atoms with van der Waals surface area (Å²) in [6.07, 6.45) is -0.549. The third kappa shape index (κ3) is 3.37. The minimum atomic E-state index is -4.29. The van der Waals surface area contributed by atoms with Gasteiger partial charge in [0.1, 0.15) is 6.04 Å². The molecule has 0 aromatic heterocycles. The summed E-state index contributed by atoms with van der Waals surface area (Å²) < 4.78 is 37.2. The molecule has 0 amide bonds. The maximum Gasteiger partial charge on any atom is 0.395 e. The standard InChI is InChI=1S/C10H12F3NO2/c11-10(12,13)7-3-1-2-6(4-7)5-8(14)9(15)16/h1-2,4,7-8H,3,5,14H2,(H,15,16)/t7?,8-/m0/s1. The van der Waals surface area contributed by atoms with Gasteiger partial charge >= 0.3 is 12.1 Å². The van der Waals surface area contributed by atoms with Crippen LogP contribution in [0, 0.1) is 5.92 Å². The summed E-state index contributed by atoms with van der Waals surface area (Å²) in [4.78, 5) is 10.5. The summed E-state index contributed by atoms with van der Waals surface area (Å²) >= 11 is 0. The number of carboxylic acid groups (broad SMARTS) is 1. The van der Waals surface area contributed by atoms with E-state index in [0.717, 1.165) is 6.08 Å². The van der Waals surface area contributed by atoms with Crippen molar-refractivity contribution < 1.29 is 23.1 Å². The molecule has 0 saturated heterocycles. The molecule has 1 rings (SSSR count). The van der Waals surface area contributed by atoms with Crippen LogP contribution in [0.15, 0.2) is 23.8 Å². The number of hydrogen-bond acceptors (Lipinski definition) is 2. The second-order valence-corrected chi connectivity index (χ2v) is 3.68. The van der Waals surface area contributed by atoms with Crippen molar-refractivity contribution in [3.05, 3.63) is 23.8 Å². The summed E-state index contributed by atoms with van der Waals surface area (Å²) in [7, 11) is 0. The number of nitrogens with two attached hydrogens (primary N) is 1. The number of halogens is 3. The topological polar surface area (TPSA) is 63.3 Å². The van der Waals surface area contributed by atoms with Gasteiger partial charge in [0.25, 0.3) is 0 Å². The average molecular weight is 235 g/mol. The summed E-state index contributed by atoms with van der Waals surface area (Å²) in [5, 5.41) is 8.54. The molecule has 0 aromatic rings. The van der Waals surface area contributed by atoms with Crippen LogP contribution in [0.3, 0.4) is 0 Å². The molecule has 0 aromatic carbocycles. The number of rotatable bonds is 3. The zero-order valence-electron chi connectivity index (χ0n) is 8.37. The van der Waals surface area contributed by atoms with Gasteiger partial charge in [-0.25, -0.2) is 0 Å². The van der Waals surface area contributed by atoms with E-state index in [2.05, 4.69) is 0 Å². The molecule has 1 aliphatic carbocycles. The molecule has 0 radical (unpaired) electrons. The first kappa shape index (κ1) is 12.8. The minimum Gasteiger partial charge on any atom is -0.480 e. The molecule has 0 heterocycles. The Morgan fingerprint density at radius 3 is 2.75 bits per heavy atom. The number of alkyl halides is 3. The molecule has 0 aliphatic heterocycles. The summed E-state index contributed by atoms with van der Waals surface area (Å²) in [5.74, 6) is -2.75. The van der Waals surface area contributed by atoms with Crippen LogP contribution in [0.4, 0.5) is 13.2 Å². The van der Waals surface area contributed by atoms with E-state index in [0.29, 0.717) is 5.57 Å². The van der Waals surface area contributed by atoms with Crippen LogP contribution in [-0.2, 0) is 4.79 Å². The van der Waals surface area contributed by atoms with Crippen LogP contribution >= 0.6 is 0 Å². The Kier molecular flexibility index (Phi) is 3.74. The van der Waals surface area contributed by atoms with E-state index >= 15 is 0 Å². The van der Waals surface area contributed by atoms with Gasteiger partial charge in [-0.3, -0.25) is 4.79 Å². The van der Waals surface area contributed by atoms with E-state index in [9.17, 15) is 18.0 Å². The van der Waals surface area contributed by atoms with Gasteiger partial charge in [0.05, 0.1) is 5.92 Å². The van der Waals surface area contributed by atoms with Crippen LogP contribution in [0.5, 0.6) is 0 Å². The third-order valence-electron chi connectivity index (χ3n) is 2.33. The quantitative estimate of drug-likeness (QED) is 0.784. The van der Waals surface area contributed by atoms with Crippen molar-refractivity contribution in [1.29, 1.82) is 0 Å². The average Bonchev–Trinajstić information content (AvgIpc) is 2.16. The first-order chi connectivity index (χ1) is 7.30. The van der Waals surface area contributed by atoms with Crippen LogP contribution < -0.4 is 5.73 Å². The molecule has 16 heavy (non-hydrogen) atoms. The van der Waals surface area contributed by atoms with Crippen molar-refractivity contribution in [3.63, 3.8) is 0 Å². The number of carbonyl (C=O) groups is 1. The minimum absolute atomic E-state index is 0.0849. The van der Waals surface area contributed by atoms with Gasteiger partial charge < -0.3 is 10.8 Å². The molecule has 1 unspecified atom stereocenters. The maximum absolute atomic E-state index is 12.4. The first-order valence-corrected chi connectivity index (χ1v) is 4.73. The summed E-state index contributed by atoms with van der Waals surface area (Å²) in [6.45, 7) is 0. The van der Waals surface area contributed by atoms with Gasteiger partial charge in [0.15, 0.2) is 0 Å². The lowest BCUT2D eigenvalue weighted by molar-refractivity contribution is -0.160. The van der Waals surface area contributed by atoms with Crippen molar-refractivity contribution in [1.82, 2.24) is 0 Å². The van der Waals surface area contributed by atoms with Gasteiger partial charge in [-0.2, -0.15) is 13.2 Å². The molecule has 0 bridgehead atoms. The van der Waals surface area contributed by atoms with Crippen LogP contribution in [0.1, 0.15) is 12.8 Å². The maximum atomic E-state index is 12.4. The van der Waals surface area contributed by atoms with E-state index in [4.69, 9.17) is 10.8 Å². The van der Waals surface area contributed by atoms with Gasteiger partial charge in [-0.05, 0) is 18.4 Å². The molecule has 90 valence electrons. The Bertz CT molecular complexity index is 333. The molecule has 0 spiro atoms.